The average molecular weight is 193 g/mol. The van der Waals surface area contributed by atoms with Crippen molar-refractivity contribution in [2.75, 3.05) is 6.54 Å². The Labute approximate surface area is 98.3 Å². The SMILES string of the molecule is NCC(O)c1ccc(O)c(O)c1.[NaH]. The van der Waals surface area contributed by atoms with Gasteiger partial charge in [-0.05, 0) is 17.7 Å². The van der Waals surface area contributed by atoms with Crippen molar-refractivity contribution in [2.45, 2.75) is 6.10 Å². The Balaban J connectivity index is 0.00000144. The van der Waals surface area contributed by atoms with Crippen molar-refractivity contribution in [3.8, 4) is 11.5 Å². The number of benzene rings is 1. The zero-order valence-corrected chi connectivity index (χ0v) is 6.44. The van der Waals surface area contributed by atoms with E-state index in [4.69, 9.17) is 15.9 Å². The van der Waals surface area contributed by atoms with Gasteiger partial charge in [0.25, 0.3) is 0 Å². The number of hydrogen-bond donors (Lipinski definition) is 4. The molecule has 1 atom stereocenters. The van der Waals surface area contributed by atoms with Crippen LogP contribution < -0.4 is 5.73 Å². The Hall–Kier alpha value is -0.260. The van der Waals surface area contributed by atoms with Crippen LogP contribution in [-0.2, 0) is 0 Å². The van der Waals surface area contributed by atoms with Gasteiger partial charge in [0.1, 0.15) is 0 Å². The number of hydrogen-bond acceptors (Lipinski definition) is 4. The molecule has 5 heteroatoms. The van der Waals surface area contributed by atoms with Gasteiger partial charge in [0.15, 0.2) is 11.5 Å². The summed E-state index contributed by atoms with van der Waals surface area (Å²) < 4.78 is 0. The predicted octanol–water partition coefficient (Wildman–Crippen LogP) is -0.559. The van der Waals surface area contributed by atoms with Crippen LogP contribution in [0.3, 0.4) is 0 Å². The molecule has 0 aliphatic carbocycles. The number of rotatable bonds is 2. The summed E-state index contributed by atoms with van der Waals surface area (Å²) in [7, 11) is 0. The molecule has 68 valence electrons. The monoisotopic (exact) mass is 193 g/mol. The third-order valence-corrected chi connectivity index (χ3v) is 1.61. The van der Waals surface area contributed by atoms with Crippen LogP contribution >= 0.6 is 0 Å². The van der Waals surface area contributed by atoms with Gasteiger partial charge in [-0.2, -0.15) is 0 Å². The van der Waals surface area contributed by atoms with Crippen molar-refractivity contribution in [1.29, 1.82) is 0 Å². The van der Waals surface area contributed by atoms with Gasteiger partial charge in [0.2, 0.25) is 0 Å². The molecule has 0 saturated heterocycles. The molecule has 0 saturated carbocycles. The molecule has 0 spiro atoms. The number of aromatic hydroxyl groups is 2. The van der Waals surface area contributed by atoms with Crippen molar-refractivity contribution in [3.05, 3.63) is 23.8 Å². The van der Waals surface area contributed by atoms with E-state index in [1.165, 1.54) is 18.2 Å². The second-order valence-corrected chi connectivity index (χ2v) is 2.50. The zero-order valence-electron chi connectivity index (χ0n) is 6.44. The Morgan fingerprint density at radius 1 is 1.23 bits per heavy atom. The molecule has 5 N–H and O–H groups in total. The van der Waals surface area contributed by atoms with E-state index in [-0.39, 0.29) is 47.6 Å². The molecule has 4 nitrogen and oxygen atoms in total. The summed E-state index contributed by atoms with van der Waals surface area (Å²) in [6.07, 6.45) is -0.795. The molecular weight excluding hydrogens is 181 g/mol. The van der Waals surface area contributed by atoms with Gasteiger partial charge >= 0.3 is 29.6 Å². The fourth-order valence-electron chi connectivity index (χ4n) is 0.884. The first kappa shape index (κ1) is 12.7. The Kier molecular flexibility index (Phi) is 5.36. The van der Waals surface area contributed by atoms with Crippen LogP contribution in [0.25, 0.3) is 0 Å². The van der Waals surface area contributed by atoms with Gasteiger partial charge in [-0.1, -0.05) is 6.07 Å². The fraction of sp³-hybridized carbons (Fsp3) is 0.250. The molecule has 0 heterocycles. The molecule has 0 aliphatic rings. The number of phenols is 2. The van der Waals surface area contributed by atoms with Crippen LogP contribution in [0.5, 0.6) is 11.5 Å². The summed E-state index contributed by atoms with van der Waals surface area (Å²) >= 11 is 0. The average Bonchev–Trinajstić information content (AvgIpc) is 2.08. The van der Waals surface area contributed by atoms with Gasteiger partial charge in [-0.15, -0.1) is 0 Å². The van der Waals surface area contributed by atoms with Gasteiger partial charge in [0, 0.05) is 6.54 Å². The van der Waals surface area contributed by atoms with Crippen molar-refractivity contribution < 1.29 is 15.3 Å². The summed E-state index contributed by atoms with van der Waals surface area (Å²) in [6.45, 7) is 0.0875. The van der Waals surface area contributed by atoms with Gasteiger partial charge < -0.3 is 21.1 Å². The van der Waals surface area contributed by atoms with Crippen LogP contribution in [0.4, 0.5) is 0 Å². The first-order valence-corrected chi connectivity index (χ1v) is 3.55. The van der Waals surface area contributed by atoms with Crippen molar-refractivity contribution in [3.63, 3.8) is 0 Å². The molecular formula is C8H12NNaO3. The van der Waals surface area contributed by atoms with E-state index < -0.39 is 6.10 Å². The molecule has 0 aromatic heterocycles. The zero-order chi connectivity index (χ0) is 9.14. The Morgan fingerprint density at radius 3 is 2.31 bits per heavy atom. The molecule has 1 rings (SSSR count). The van der Waals surface area contributed by atoms with E-state index in [1.807, 2.05) is 0 Å². The van der Waals surface area contributed by atoms with Crippen molar-refractivity contribution in [1.82, 2.24) is 0 Å². The van der Waals surface area contributed by atoms with Crippen LogP contribution in [0.1, 0.15) is 11.7 Å². The van der Waals surface area contributed by atoms with E-state index in [0.29, 0.717) is 5.56 Å². The van der Waals surface area contributed by atoms with Gasteiger partial charge in [0.05, 0.1) is 6.10 Å². The Morgan fingerprint density at radius 2 is 1.85 bits per heavy atom. The first-order valence-electron chi connectivity index (χ1n) is 3.55. The minimum absolute atomic E-state index is 0. The summed E-state index contributed by atoms with van der Waals surface area (Å²) in [5.74, 6) is -0.456. The van der Waals surface area contributed by atoms with Crippen molar-refractivity contribution in [2.24, 2.45) is 5.73 Å². The van der Waals surface area contributed by atoms with Crippen LogP contribution in [0, 0.1) is 0 Å². The third-order valence-electron chi connectivity index (χ3n) is 1.61. The topological polar surface area (TPSA) is 86.7 Å². The minimum atomic E-state index is -0.795. The Bertz CT molecular complexity index is 280. The van der Waals surface area contributed by atoms with E-state index in [2.05, 4.69) is 0 Å². The molecule has 13 heavy (non-hydrogen) atoms. The maximum atomic E-state index is 9.23. The summed E-state index contributed by atoms with van der Waals surface area (Å²) in [6, 6.07) is 4.10. The molecule has 0 fully saturated rings. The van der Waals surface area contributed by atoms with Crippen molar-refractivity contribution >= 4 is 29.6 Å². The second-order valence-electron chi connectivity index (χ2n) is 2.50. The third kappa shape index (κ3) is 3.17. The number of nitrogens with two attached hydrogens (primary N) is 1. The summed E-state index contributed by atoms with van der Waals surface area (Å²) in [5.41, 5.74) is 5.69. The van der Waals surface area contributed by atoms with E-state index in [0.717, 1.165) is 0 Å². The summed E-state index contributed by atoms with van der Waals surface area (Å²) in [4.78, 5) is 0. The number of aliphatic hydroxyl groups excluding tert-OH is 1. The molecule has 1 unspecified atom stereocenters. The van der Waals surface area contributed by atoms with Gasteiger partial charge in [-0.25, -0.2) is 0 Å². The molecule has 0 aliphatic heterocycles. The van der Waals surface area contributed by atoms with E-state index in [1.54, 1.807) is 0 Å². The standard InChI is InChI=1S/C8H11NO3.Na.H/c9-4-8(12)5-1-2-6(10)7(11)3-5;;/h1-3,8,10-12H,4,9H2;;. The van der Waals surface area contributed by atoms with Crippen LogP contribution in [0.2, 0.25) is 0 Å². The molecule has 0 bridgehead atoms. The molecule has 1 aromatic carbocycles. The quantitative estimate of drug-likeness (QED) is 0.374. The van der Waals surface area contributed by atoms with E-state index in [9.17, 15) is 5.11 Å². The second kappa shape index (κ2) is 5.47. The molecule has 0 radical (unpaired) electrons. The van der Waals surface area contributed by atoms with Crippen LogP contribution in [-0.4, -0.2) is 51.4 Å². The first-order chi connectivity index (χ1) is 5.65. The normalized spacial score (nSPS) is 11.8. The molecule has 1 aromatic rings. The predicted molar refractivity (Wildman–Crippen MR) is 50.9 cm³/mol. The van der Waals surface area contributed by atoms with Crippen LogP contribution in [0.15, 0.2) is 18.2 Å². The maximum absolute atomic E-state index is 9.23. The molecule has 0 amide bonds. The number of phenolic OH excluding ortho intramolecular Hbond substituents is 2. The summed E-state index contributed by atoms with van der Waals surface area (Å²) in [5, 5.41) is 27.2. The van der Waals surface area contributed by atoms with Gasteiger partial charge in [-0.3, -0.25) is 0 Å². The fourth-order valence-corrected chi connectivity index (χ4v) is 0.884. The number of aliphatic hydroxyl groups is 1. The van der Waals surface area contributed by atoms with E-state index >= 15 is 0 Å².